The van der Waals surface area contributed by atoms with Gasteiger partial charge in [0, 0.05) is 31.0 Å². The highest BCUT2D eigenvalue weighted by Gasteiger charge is 2.28. The number of aromatic nitrogens is 4. The molecule has 0 aliphatic carbocycles. The summed E-state index contributed by atoms with van der Waals surface area (Å²) < 4.78 is 5.49. The highest BCUT2D eigenvalue weighted by atomic mass is 16.6. The molecule has 0 spiro atoms. The first kappa shape index (κ1) is 17.4. The molecule has 1 amide bonds. The first-order valence-corrected chi connectivity index (χ1v) is 8.69. The van der Waals surface area contributed by atoms with Crippen LogP contribution < -0.4 is 0 Å². The van der Waals surface area contributed by atoms with Crippen LogP contribution in [0.25, 0.3) is 11.3 Å². The van der Waals surface area contributed by atoms with Crippen molar-refractivity contribution < 1.29 is 9.53 Å². The summed E-state index contributed by atoms with van der Waals surface area (Å²) in [6, 6.07) is 0. The first-order valence-electron chi connectivity index (χ1n) is 8.69. The molecule has 25 heavy (non-hydrogen) atoms. The normalized spacial score (nSPS) is 18.2. The van der Waals surface area contributed by atoms with Gasteiger partial charge in [0.2, 0.25) is 0 Å². The van der Waals surface area contributed by atoms with Crippen LogP contribution in [0.1, 0.15) is 39.3 Å². The van der Waals surface area contributed by atoms with E-state index in [1.165, 1.54) is 0 Å². The Balaban J connectivity index is 1.63. The molecule has 1 N–H and O–H groups in total. The molecule has 7 heteroatoms. The molecule has 1 aliphatic rings. The number of ether oxygens (including phenoxy) is 1. The third kappa shape index (κ3) is 4.78. The van der Waals surface area contributed by atoms with Crippen molar-refractivity contribution in [2.45, 2.75) is 45.6 Å². The molecule has 3 heterocycles. The lowest BCUT2D eigenvalue weighted by Crippen LogP contribution is -2.43. The molecule has 1 saturated heterocycles. The fourth-order valence-corrected chi connectivity index (χ4v) is 3.05. The maximum absolute atomic E-state index is 12.3. The van der Waals surface area contributed by atoms with Gasteiger partial charge in [0.25, 0.3) is 0 Å². The summed E-state index contributed by atoms with van der Waals surface area (Å²) in [5.74, 6) is 0.371. The lowest BCUT2D eigenvalue weighted by molar-refractivity contribution is 0.0165. The molecular weight excluding hydrogens is 318 g/mol. The lowest BCUT2D eigenvalue weighted by Gasteiger charge is -2.34. The summed E-state index contributed by atoms with van der Waals surface area (Å²) in [5.41, 5.74) is 2.21. The molecule has 0 radical (unpaired) electrons. The predicted molar refractivity (Wildman–Crippen MR) is 93.8 cm³/mol. The van der Waals surface area contributed by atoms with Crippen LogP contribution in [0.2, 0.25) is 0 Å². The number of aromatic amines is 1. The first-order chi connectivity index (χ1) is 11.9. The zero-order valence-corrected chi connectivity index (χ0v) is 15.0. The fourth-order valence-electron chi connectivity index (χ4n) is 3.05. The lowest BCUT2D eigenvalue weighted by atomic mass is 9.93. The van der Waals surface area contributed by atoms with E-state index in [9.17, 15) is 4.79 Å². The van der Waals surface area contributed by atoms with Gasteiger partial charge in [0.15, 0.2) is 0 Å². The van der Waals surface area contributed by atoms with E-state index < -0.39 is 5.60 Å². The van der Waals surface area contributed by atoms with Crippen LogP contribution in [0.15, 0.2) is 24.8 Å². The molecule has 2 aromatic heterocycles. The highest BCUT2D eigenvalue weighted by molar-refractivity contribution is 5.68. The van der Waals surface area contributed by atoms with Gasteiger partial charge >= 0.3 is 6.09 Å². The molecule has 7 nitrogen and oxygen atoms in total. The van der Waals surface area contributed by atoms with Gasteiger partial charge in [-0.3, -0.25) is 10.1 Å². The van der Waals surface area contributed by atoms with Crippen molar-refractivity contribution in [1.29, 1.82) is 0 Å². The number of carbonyl (C=O) groups is 1. The van der Waals surface area contributed by atoms with Crippen molar-refractivity contribution in [3.63, 3.8) is 0 Å². The molecule has 1 atom stereocenters. The highest BCUT2D eigenvalue weighted by Crippen LogP contribution is 2.23. The molecular formula is C18H25N5O2. The van der Waals surface area contributed by atoms with E-state index in [1.807, 2.05) is 25.7 Å². The fraction of sp³-hybridized carbons (Fsp3) is 0.556. The number of carbonyl (C=O) groups excluding carboxylic acids is 1. The van der Waals surface area contributed by atoms with Gasteiger partial charge in [-0.05, 0) is 46.0 Å². The van der Waals surface area contributed by atoms with E-state index in [4.69, 9.17) is 4.74 Å². The second-order valence-electron chi connectivity index (χ2n) is 7.52. The number of amides is 1. The van der Waals surface area contributed by atoms with Crippen molar-refractivity contribution in [3.8, 4) is 11.3 Å². The number of nitrogens with one attached hydrogen (secondary N) is 1. The number of H-pyrrole nitrogens is 1. The van der Waals surface area contributed by atoms with E-state index in [2.05, 4.69) is 20.2 Å². The molecule has 1 unspecified atom stereocenters. The average molecular weight is 343 g/mol. The summed E-state index contributed by atoms with van der Waals surface area (Å²) >= 11 is 0. The molecule has 2 aromatic rings. The minimum atomic E-state index is -0.464. The smallest absolute Gasteiger partial charge is 0.410 e. The van der Waals surface area contributed by atoms with Crippen LogP contribution in [-0.4, -0.2) is 49.8 Å². The molecule has 0 bridgehead atoms. The van der Waals surface area contributed by atoms with Crippen LogP contribution in [-0.2, 0) is 11.2 Å². The Hall–Kier alpha value is -2.44. The third-order valence-corrected chi connectivity index (χ3v) is 4.15. The molecule has 3 rings (SSSR count). The average Bonchev–Trinajstić information content (AvgIpc) is 3.08. The summed E-state index contributed by atoms with van der Waals surface area (Å²) in [4.78, 5) is 23.1. The van der Waals surface area contributed by atoms with Gasteiger partial charge in [0.1, 0.15) is 5.60 Å². The Morgan fingerprint density at radius 2 is 2.20 bits per heavy atom. The van der Waals surface area contributed by atoms with Crippen LogP contribution >= 0.6 is 0 Å². The van der Waals surface area contributed by atoms with Gasteiger partial charge in [-0.15, -0.1) is 0 Å². The maximum Gasteiger partial charge on any atom is 0.410 e. The predicted octanol–water partition coefficient (Wildman–Crippen LogP) is 3.06. The van der Waals surface area contributed by atoms with Crippen LogP contribution in [0.5, 0.6) is 0 Å². The number of likely N-dealkylation sites (tertiary alicyclic amines) is 1. The summed E-state index contributed by atoms with van der Waals surface area (Å²) in [6.45, 7) is 7.13. The van der Waals surface area contributed by atoms with Gasteiger partial charge in [-0.2, -0.15) is 5.10 Å². The van der Waals surface area contributed by atoms with Crippen LogP contribution in [0.3, 0.4) is 0 Å². The molecule has 134 valence electrons. The number of rotatable bonds is 3. The van der Waals surface area contributed by atoms with E-state index in [-0.39, 0.29) is 6.09 Å². The SMILES string of the molecule is CC(C)(C)OC(=O)N1CCCC(Cc2cncc(-c3cn[nH]c3)n2)C1. The van der Waals surface area contributed by atoms with Crippen molar-refractivity contribution in [1.82, 2.24) is 25.1 Å². The van der Waals surface area contributed by atoms with Crippen LogP contribution in [0.4, 0.5) is 4.79 Å². The van der Waals surface area contributed by atoms with Crippen LogP contribution in [0, 0.1) is 5.92 Å². The van der Waals surface area contributed by atoms with E-state index >= 15 is 0 Å². The third-order valence-electron chi connectivity index (χ3n) is 4.15. The van der Waals surface area contributed by atoms with Gasteiger partial charge in [0.05, 0.1) is 23.8 Å². The Labute approximate surface area is 147 Å². The van der Waals surface area contributed by atoms with Gasteiger partial charge in [-0.1, -0.05) is 0 Å². The molecule has 0 saturated carbocycles. The molecule has 1 fully saturated rings. The summed E-state index contributed by atoms with van der Waals surface area (Å²) in [6.07, 6.45) is 9.72. The number of hydrogen-bond donors (Lipinski definition) is 1. The van der Waals surface area contributed by atoms with Gasteiger partial charge in [-0.25, -0.2) is 9.78 Å². The monoisotopic (exact) mass is 343 g/mol. The zero-order valence-electron chi connectivity index (χ0n) is 15.0. The molecule has 0 aromatic carbocycles. The van der Waals surface area contributed by atoms with E-state index in [0.717, 1.165) is 42.8 Å². The quantitative estimate of drug-likeness (QED) is 0.926. The maximum atomic E-state index is 12.3. The number of nitrogens with zero attached hydrogens (tertiary/aromatic N) is 4. The minimum Gasteiger partial charge on any atom is -0.444 e. The summed E-state index contributed by atoms with van der Waals surface area (Å²) in [5, 5.41) is 6.74. The minimum absolute atomic E-state index is 0.226. The Morgan fingerprint density at radius 1 is 1.36 bits per heavy atom. The van der Waals surface area contributed by atoms with Crippen molar-refractivity contribution in [2.24, 2.45) is 5.92 Å². The standard InChI is InChI=1S/C18H25N5O2/c1-18(2,3)25-17(24)23-6-4-5-13(12-23)7-15-10-19-11-16(22-15)14-8-20-21-9-14/h8-11,13H,4-7,12H2,1-3H3,(H,20,21). The number of piperidine rings is 1. The second-order valence-corrected chi connectivity index (χ2v) is 7.52. The summed E-state index contributed by atoms with van der Waals surface area (Å²) in [7, 11) is 0. The topological polar surface area (TPSA) is 84.0 Å². The Bertz CT molecular complexity index is 709. The van der Waals surface area contributed by atoms with E-state index in [1.54, 1.807) is 24.8 Å². The van der Waals surface area contributed by atoms with E-state index in [0.29, 0.717) is 12.5 Å². The Kier molecular flexibility index (Phi) is 5.01. The molecule has 1 aliphatic heterocycles. The zero-order chi connectivity index (χ0) is 17.9. The van der Waals surface area contributed by atoms with Crippen molar-refractivity contribution in [3.05, 3.63) is 30.5 Å². The largest absolute Gasteiger partial charge is 0.444 e. The number of hydrogen-bond acceptors (Lipinski definition) is 5. The Morgan fingerprint density at radius 3 is 2.92 bits per heavy atom. The second kappa shape index (κ2) is 7.21. The van der Waals surface area contributed by atoms with Gasteiger partial charge < -0.3 is 9.64 Å². The van der Waals surface area contributed by atoms with Crippen molar-refractivity contribution >= 4 is 6.09 Å². The van der Waals surface area contributed by atoms with Crippen molar-refractivity contribution in [2.75, 3.05) is 13.1 Å².